The zero-order valence-electron chi connectivity index (χ0n) is 6.70. The van der Waals surface area contributed by atoms with Gasteiger partial charge in [0.15, 0.2) is 0 Å². The molecule has 5 nitrogen and oxygen atoms in total. The smallest absolute Gasteiger partial charge is 0.219 e. The summed E-state index contributed by atoms with van der Waals surface area (Å²) in [6, 6.07) is 0. The Bertz CT molecular complexity index is 223. The van der Waals surface area contributed by atoms with E-state index in [1.165, 1.54) is 0 Å². The van der Waals surface area contributed by atoms with Gasteiger partial charge in [-0.25, -0.2) is 9.97 Å². The first kappa shape index (κ1) is 8.89. The number of aromatic nitrogens is 2. The zero-order chi connectivity index (χ0) is 8.81. The van der Waals surface area contributed by atoms with Crippen molar-refractivity contribution in [3.8, 4) is 0 Å². The van der Waals surface area contributed by atoms with Gasteiger partial charge in [-0.2, -0.15) is 0 Å². The van der Waals surface area contributed by atoms with Gasteiger partial charge in [-0.15, -0.1) is 0 Å². The molecule has 1 aromatic rings. The minimum absolute atomic E-state index is 0.135. The van der Waals surface area contributed by atoms with Crippen LogP contribution < -0.4 is 11.1 Å². The van der Waals surface area contributed by atoms with Crippen LogP contribution in [-0.2, 0) is 6.54 Å². The quantitative estimate of drug-likeness (QED) is 0.509. The monoisotopic (exact) mass is 168 g/mol. The van der Waals surface area contributed by atoms with Crippen molar-refractivity contribution in [1.82, 2.24) is 15.3 Å². The van der Waals surface area contributed by atoms with Crippen LogP contribution in [0.25, 0.3) is 0 Å². The maximum absolute atomic E-state index is 8.47. The first-order valence-corrected chi connectivity index (χ1v) is 3.71. The van der Waals surface area contributed by atoms with Crippen LogP contribution in [0.5, 0.6) is 0 Å². The second-order valence-corrected chi connectivity index (χ2v) is 2.35. The summed E-state index contributed by atoms with van der Waals surface area (Å²) < 4.78 is 0. The maximum atomic E-state index is 8.47. The lowest BCUT2D eigenvalue weighted by Gasteiger charge is -2.01. The molecule has 0 amide bonds. The molecule has 0 aromatic carbocycles. The summed E-state index contributed by atoms with van der Waals surface area (Å²) in [6.07, 6.45) is 3.32. The minimum atomic E-state index is 0.135. The molecule has 5 heteroatoms. The summed E-state index contributed by atoms with van der Waals surface area (Å²) in [5.74, 6) is 0.279. The fourth-order valence-corrected chi connectivity index (χ4v) is 0.768. The van der Waals surface area contributed by atoms with E-state index in [2.05, 4.69) is 15.3 Å². The van der Waals surface area contributed by atoms with E-state index in [4.69, 9.17) is 10.8 Å². The number of nitrogens with zero attached hydrogens (tertiary/aromatic N) is 2. The summed E-state index contributed by atoms with van der Waals surface area (Å²) in [7, 11) is 0. The van der Waals surface area contributed by atoms with Gasteiger partial charge in [0.1, 0.15) is 0 Å². The Morgan fingerprint density at radius 3 is 2.67 bits per heavy atom. The van der Waals surface area contributed by atoms with Gasteiger partial charge < -0.3 is 16.2 Å². The Hall–Kier alpha value is -1.20. The molecular formula is C7H12N4O. The highest BCUT2D eigenvalue weighted by Crippen LogP contribution is 1.95. The Kier molecular flexibility index (Phi) is 3.43. The number of aliphatic hydroxyl groups excluding tert-OH is 1. The average Bonchev–Trinajstić information content (AvgIpc) is 2.09. The summed E-state index contributed by atoms with van der Waals surface area (Å²) in [4.78, 5) is 7.64. The molecule has 0 radical (unpaired) electrons. The van der Waals surface area contributed by atoms with Gasteiger partial charge in [-0.1, -0.05) is 0 Å². The van der Waals surface area contributed by atoms with Crippen molar-refractivity contribution in [2.24, 2.45) is 0 Å². The standard InChI is InChI=1S/C7H12N4O/c8-7-10-4-6(5-11-7)3-9-1-2-12/h4-5,9,12H,1-3H2,(H2,8,10,11). The van der Waals surface area contributed by atoms with Crippen LogP contribution in [-0.4, -0.2) is 28.2 Å². The zero-order valence-corrected chi connectivity index (χ0v) is 6.70. The maximum Gasteiger partial charge on any atom is 0.219 e. The summed E-state index contributed by atoms with van der Waals surface area (Å²) in [5, 5.41) is 11.5. The highest BCUT2D eigenvalue weighted by molar-refractivity contribution is 5.16. The van der Waals surface area contributed by atoms with E-state index >= 15 is 0 Å². The van der Waals surface area contributed by atoms with Crippen LogP contribution in [0.4, 0.5) is 5.95 Å². The van der Waals surface area contributed by atoms with Crippen molar-refractivity contribution in [2.45, 2.75) is 6.54 Å². The molecule has 0 bridgehead atoms. The Labute approximate surface area is 70.6 Å². The van der Waals surface area contributed by atoms with E-state index < -0.39 is 0 Å². The van der Waals surface area contributed by atoms with Crippen molar-refractivity contribution in [2.75, 3.05) is 18.9 Å². The molecular weight excluding hydrogens is 156 g/mol. The van der Waals surface area contributed by atoms with Crippen molar-refractivity contribution in [3.63, 3.8) is 0 Å². The van der Waals surface area contributed by atoms with Crippen molar-refractivity contribution < 1.29 is 5.11 Å². The lowest BCUT2D eigenvalue weighted by molar-refractivity contribution is 0.292. The molecule has 12 heavy (non-hydrogen) atoms. The SMILES string of the molecule is Nc1ncc(CNCCO)cn1. The van der Waals surface area contributed by atoms with Gasteiger partial charge in [-0.3, -0.25) is 0 Å². The van der Waals surface area contributed by atoms with Crippen LogP contribution in [0.3, 0.4) is 0 Å². The molecule has 66 valence electrons. The van der Waals surface area contributed by atoms with Crippen molar-refractivity contribution >= 4 is 5.95 Å². The molecule has 1 rings (SSSR count). The Balaban J connectivity index is 2.37. The molecule has 0 atom stereocenters. The molecule has 0 spiro atoms. The molecule has 1 heterocycles. The Morgan fingerprint density at radius 2 is 2.08 bits per heavy atom. The largest absolute Gasteiger partial charge is 0.395 e. The van der Waals surface area contributed by atoms with Crippen molar-refractivity contribution in [3.05, 3.63) is 18.0 Å². The molecule has 4 N–H and O–H groups in total. The highest BCUT2D eigenvalue weighted by atomic mass is 16.3. The number of nitrogens with one attached hydrogen (secondary N) is 1. The van der Waals surface area contributed by atoms with Crippen molar-refractivity contribution in [1.29, 1.82) is 0 Å². The number of nitrogens with two attached hydrogens (primary N) is 1. The average molecular weight is 168 g/mol. The highest BCUT2D eigenvalue weighted by Gasteiger charge is 1.92. The van der Waals surface area contributed by atoms with Gasteiger partial charge in [-0.05, 0) is 0 Å². The molecule has 0 fully saturated rings. The molecule has 0 aliphatic heterocycles. The normalized spacial score (nSPS) is 10.1. The molecule has 0 aliphatic rings. The lowest BCUT2D eigenvalue weighted by atomic mass is 10.3. The third-order valence-electron chi connectivity index (χ3n) is 1.34. The fraction of sp³-hybridized carbons (Fsp3) is 0.429. The number of hydrogen-bond donors (Lipinski definition) is 3. The van der Waals surface area contributed by atoms with Gasteiger partial charge in [0.2, 0.25) is 5.95 Å². The van der Waals surface area contributed by atoms with E-state index in [1.807, 2.05) is 0 Å². The van der Waals surface area contributed by atoms with E-state index in [9.17, 15) is 0 Å². The molecule has 0 aliphatic carbocycles. The molecule has 1 aromatic heterocycles. The summed E-state index contributed by atoms with van der Waals surface area (Å²) >= 11 is 0. The van der Waals surface area contributed by atoms with Crippen LogP contribution in [0.15, 0.2) is 12.4 Å². The first-order chi connectivity index (χ1) is 5.83. The van der Waals surface area contributed by atoms with E-state index in [0.29, 0.717) is 13.1 Å². The molecule has 0 saturated heterocycles. The van der Waals surface area contributed by atoms with E-state index in [-0.39, 0.29) is 12.6 Å². The number of hydrogen-bond acceptors (Lipinski definition) is 5. The summed E-state index contributed by atoms with van der Waals surface area (Å²) in [6.45, 7) is 1.36. The first-order valence-electron chi connectivity index (χ1n) is 3.71. The van der Waals surface area contributed by atoms with E-state index in [1.54, 1.807) is 12.4 Å². The third kappa shape index (κ3) is 2.81. The number of nitrogen functional groups attached to an aromatic ring is 1. The van der Waals surface area contributed by atoms with E-state index in [0.717, 1.165) is 5.56 Å². The predicted molar refractivity (Wildman–Crippen MR) is 45.2 cm³/mol. The lowest BCUT2D eigenvalue weighted by Crippen LogP contribution is -2.17. The van der Waals surface area contributed by atoms with Crippen LogP contribution >= 0.6 is 0 Å². The number of anilines is 1. The summed E-state index contributed by atoms with van der Waals surface area (Å²) in [5.41, 5.74) is 6.26. The predicted octanol–water partition coefficient (Wildman–Crippen LogP) is -0.859. The van der Waals surface area contributed by atoms with Gasteiger partial charge in [0.25, 0.3) is 0 Å². The van der Waals surface area contributed by atoms with Crippen LogP contribution in [0, 0.1) is 0 Å². The molecule has 0 unspecified atom stereocenters. The molecule has 0 saturated carbocycles. The Morgan fingerprint density at radius 1 is 1.42 bits per heavy atom. The topological polar surface area (TPSA) is 84.1 Å². The van der Waals surface area contributed by atoms with Gasteiger partial charge in [0.05, 0.1) is 6.61 Å². The second-order valence-electron chi connectivity index (χ2n) is 2.35. The van der Waals surface area contributed by atoms with Crippen LogP contribution in [0.1, 0.15) is 5.56 Å². The van der Waals surface area contributed by atoms with Gasteiger partial charge >= 0.3 is 0 Å². The van der Waals surface area contributed by atoms with Crippen LogP contribution in [0.2, 0.25) is 0 Å². The fourth-order valence-electron chi connectivity index (χ4n) is 0.768. The second kappa shape index (κ2) is 4.63. The number of aliphatic hydroxyl groups is 1. The number of rotatable bonds is 4. The third-order valence-corrected chi connectivity index (χ3v) is 1.34. The van der Waals surface area contributed by atoms with Gasteiger partial charge in [0, 0.05) is 31.0 Å². The minimum Gasteiger partial charge on any atom is -0.395 e.